The van der Waals surface area contributed by atoms with Crippen molar-refractivity contribution < 1.29 is 9.18 Å². The minimum atomic E-state index is -0.359. The van der Waals surface area contributed by atoms with Crippen LogP contribution in [0.25, 0.3) is 16.4 Å². The lowest BCUT2D eigenvalue weighted by atomic mass is 9.78. The van der Waals surface area contributed by atoms with E-state index in [9.17, 15) is 14.0 Å². The van der Waals surface area contributed by atoms with E-state index < -0.39 is 0 Å². The summed E-state index contributed by atoms with van der Waals surface area (Å²) in [4.78, 5) is 25.5. The molecule has 1 aromatic carbocycles. The highest BCUT2D eigenvalue weighted by molar-refractivity contribution is 5.87. The van der Waals surface area contributed by atoms with Crippen molar-refractivity contribution in [2.75, 3.05) is 0 Å². The molecule has 28 heavy (non-hydrogen) atoms. The van der Waals surface area contributed by atoms with Crippen molar-refractivity contribution in [2.24, 2.45) is 11.8 Å². The molecule has 3 aromatic rings. The molecule has 1 aliphatic carbocycles. The molecule has 2 aromatic heterocycles. The van der Waals surface area contributed by atoms with Crippen LogP contribution in [0.15, 0.2) is 29.1 Å². The lowest BCUT2D eigenvalue weighted by molar-refractivity contribution is -0.123. The van der Waals surface area contributed by atoms with E-state index in [1.165, 1.54) is 23.2 Å². The molecular weight excluding hydrogens is 359 g/mol. The Bertz CT molecular complexity index is 1120. The maximum Gasteiger partial charge on any atom is 0.291 e. The highest BCUT2D eigenvalue weighted by atomic mass is 19.1. The van der Waals surface area contributed by atoms with Gasteiger partial charge in [-0.3, -0.25) is 14.0 Å². The molecule has 0 spiro atoms. The molecule has 0 saturated heterocycles. The number of benzene rings is 1. The quantitative estimate of drug-likeness (QED) is 0.755. The van der Waals surface area contributed by atoms with Crippen LogP contribution in [0.3, 0.4) is 0 Å². The van der Waals surface area contributed by atoms with Crippen molar-refractivity contribution in [2.45, 2.75) is 52.6 Å². The molecular formula is C21H25FN4O2. The van der Waals surface area contributed by atoms with Crippen molar-refractivity contribution in [1.29, 1.82) is 0 Å². The van der Waals surface area contributed by atoms with Crippen LogP contribution < -0.4 is 10.9 Å². The maximum atomic E-state index is 13.5. The number of hydrogen-bond acceptors (Lipinski definition) is 3. The van der Waals surface area contributed by atoms with Crippen LogP contribution >= 0.6 is 0 Å². The molecule has 0 radical (unpaired) electrons. The number of rotatable bonds is 3. The van der Waals surface area contributed by atoms with Gasteiger partial charge in [0.05, 0.1) is 5.52 Å². The molecule has 1 fully saturated rings. The van der Waals surface area contributed by atoms with Crippen molar-refractivity contribution in [3.63, 3.8) is 0 Å². The van der Waals surface area contributed by atoms with Gasteiger partial charge in [0.2, 0.25) is 5.91 Å². The van der Waals surface area contributed by atoms with Gasteiger partial charge in [-0.2, -0.15) is 5.10 Å². The van der Waals surface area contributed by atoms with Crippen LogP contribution in [0.4, 0.5) is 4.39 Å². The number of carbonyl (C=O) groups is 1. The van der Waals surface area contributed by atoms with Gasteiger partial charge in [-0.25, -0.2) is 9.07 Å². The first-order valence-electron chi connectivity index (χ1n) is 9.83. The zero-order valence-corrected chi connectivity index (χ0v) is 16.4. The number of carbonyl (C=O) groups excluding carboxylic acids is 1. The highest BCUT2D eigenvalue weighted by Crippen LogP contribution is 2.29. The van der Waals surface area contributed by atoms with Crippen LogP contribution in [0.2, 0.25) is 0 Å². The fraction of sp³-hybridized carbons (Fsp3) is 0.476. The van der Waals surface area contributed by atoms with E-state index in [0.717, 1.165) is 18.4 Å². The Morgan fingerprint density at radius 1 is 1.25 bits per heavy atom. The summed E-state index contributed by atoms with van der Waals surface area (Å²) < 4.78 is 16.4. The Hall–Kier alpha value is -2.70. The molecule has 0 bridgehead atoms. The normalized spacial score (nSPS) is 22.6. The zero-order valence-electron chi connectivity index (χ0n) is 16.4. The van der Waals surface area contributed by atoms with Gasteiger partial charge in [-0.15, -0.1) is 0 Å². The van der Waals surface area contributed by atoms with Crippen LogP contribution in [0, 0.1) is 24.6 Å². The molecule has 1 amide bonds. The lowest BCUT2D eigenvalue weighted by Crippen LogP contribution is -2.46. The number of nitrogens with one attached hydrogen (secondary N) is 1. The molecule has 0 aliphatic heterocycles. The lowest BCUT2D eigenvalue weighted by Gasteiger charge is -2.34. The Morgan fingerprint density at radius 3 is 2.82 bits per heavy atom. The fourth-order valence-electron chi connectivity index (χ4n) is 4.37. The number of hydrogen-bond donors (Lipinski definition) is 1. The minimum Gasteiger partial charge on any atom is -0.351 e. The van der Waals surface area contributed by atoms with Crippen LogP contribution in [0.5, 0.6) is 0 Å². The first kappa shape index (κ1) is 18.7. The molecule has 1 saturated carbocycles. The summed E-state index contributed by atoms with van der Waals surface area (Å²) in [6.07, 6.45) is 3.26. The van der Waals surface area contributed by atoms with Crippen LogP contribution in [-0.2, 0) is 11.3 Å². The molecule has 3 atom stereocenters. The van der Waals surface area contributed by atoms with Gasteiger partial charge in [0.1, 0.15) is 23.7 Å². The van der Waals surface area contributed by atoms with Crippen molar-refractivity contribution >= 4 is 22.3 Å². The summed E-state index contributed by atoms with van der Waals surface area (Å²) in [5.41, 5.74) is 0.753. The summed E-state index contributed by atoms with van der Waals surface area (Å²) >= 11 is 0. The topological polar surface area (TPSA) is 68.4 Å². The molecule has 4 rings (SSSR count). The van der Waals surface area contributed by atoms with Crippen molar-refractivity contribution in [3.05, 3.63) is 46.3 Å². The van der Waals surface area contributed by atoms with E-state index in [1.807, 2.05) is 0 Å². The Labute approximate surface area is 162 Å². The first-order valence-corrected chi connectivity index (χ1v) is 9.83. The van der Waals surface area contributed by atoms with Gasteiger partial charge in [0.25, 0.3) is 5.56 Å². The molecule has 148 valence electrons. The number of aromatic nitrogens is 3. The number of fused-ring (bicyclic) bond motifs is 3. The van der Waals surface area contributed by atoms with Gasteiger partial charge in [0.15, 0.2) is 0 Å². The van der Waals surface area contributed by atoms with Crippen molar-refractivity contribution in [3.8, 4) is 0 Å². The number of nitrogens with zero attached hydrogens (tertiary/aromatic N) is 3. The predicted octanol–water partition coefficient (Wildman–Crippen LogP) is 3.04. The summed E-state index contributed by atoms with van der Waals surface area (Å²) in [6.45, 7) is 6.03. The number of halogens is 1. The second kappa shape index (κ2) is 7.04. The van der Waals surface area contributed by atoms with E-state index in [-0.39, 0.29) is 29.9 Å². The monoisotopic (exact) mass is 384 g/mol. The average Bonchev–Trinajstić information content (AvgIpc) is 3.02. The van der Waals surface area contributed by atoms with Gasteiger partial charge in [-0.05, 0) is 49.4 Å². The maximum absolute atomic E-state index is 13.5. The molecule has 0 unspecified atom stereocenters. The fourth-order valence-corrected chi connectivity index (χ4v) is 4.37. The van der Waals surface area contributed by atoms with Gasteiger partial charge >= 0.3 is 0 Å². The van der Waals surface area contributed by atoms with Gasteiger partial charge in [0, 0.05) is 11.4 Å². The smallest absolute Gasteiger partial charge is 0.291 e. The molecule has 2 heterocycles. The third-order valence-electron chi connectivity index (χ3n) is 6.15. The largest absolute Gasteiger partial charge is 0.351 e. The Morgan fingerprint density at radius 2 is 2.04 bits per heavy atom. The van der Waals surface area contributed by atoms with Crippen molar-refractivity contribution in [1.82, 2.24) is 19.5 Å². The number of aryl methyl sites for hydroxylation is 1. The first-order chi connectivity index (χ1) is 13.3. The highest BCUT2D eigenvalue weighted by Gasteiger charge is 2.28. The third-order valence-corrected chi connectivity index (χ3v) is 6.15. The van der Waals surface area contributed by atoms with E-state index >= 15 is 0 Å². The summed E-state index contributed by atoms with van der Waals surface area (Å²) in [5, 5.41) is 8.04. The molecule has 1 N–H and O–H groups in total. The molecule has 7 heteroatoms. The third kappa shape index (κ3) is 3.19. The second-order valence-corrected chi connectivity index (χ2v) is 8.02. The van der Waals surface area contributed by atoms with Gasteiger partial charge < -0.3 is 5.32 Å². The zero-order chi connectivity index (χ0) is 20.0. The molecule has 1 aliphatic rings. The minimum absolute atomic E-state index is 0.121. The Balaban J connectivity index is 1.64. The second-order valence-electron chi connectivity index (χ2n) is 8.02. The van der Waals surface area contributed by atoms with E-state index in [2.05, 4.69) is 24.3 Å². The van der Waals surface area contributed by atoms with Crippen LogP contribution in [0.1, 0.15) is 38.9 Å². The summed E-state index contributed by atoms with van der Waals surface area (Å²) in [6, 6.07) is 6.17. The number of amides is 1. The van der Waals surface area contributed by atoms with E-state index in [0.29, 0.717) is 28.6 Å². The van der Waals surface area contributed by atoms with Crippen LogP contribution in [-0.4, -0.2) is 26.1 Å². The average molecular weight is 384 g/mol. The standard InChI is InChI=1S/C21H25FN4O2/c1-12-5-4-6-17(13(12)2)23-20(27)11-25-21(28)19-10-15-9-16(22)7-8-18(15)26(19)14(3)24-25/h7-10,12-13,17H,4-6,11H2,1-3H3,(H,23,27)/t12-,13-,17+/m0/s1. The summed E-state index contributed by atoms with van der Waals surface area (Å²) in [5.74, 6) is 1.00. The Kier molecular flexibility index (Phi) is 4.69. The predicted molar refractivity (Wildman–Crippen MR) is 106 cm³/mol. The van der Waals surface area contributed by atoms with E-state index in [4.69, 9.17) is 0 Å². The van der Waals surface area contributed by atoms with E-state index in [1.54, 1.807) is 23.5 Å². The molecule has 6 nitrogen and oxygen atoms in total. The van der Waals surface area contributed by atoms with Gasteiger partial charge in [-0.1, -0.05) is 26.7 Å². The SMILES string of the molecule is Cc1nn(CC(=O)N[C@@H]2CCC[C@H](C)[C@@H]2C)c(=O)c2cc3cc(F)ccc3n12. The summed E-state index contributed by atoms with van der Waals surface area (Å²) in [7, 11) is 0.